The average molecular weight is 713 g/mol. The summed E-state index contributed by atoms with van der Waals surface area (Å²) in [5, 5.41) is 0.967. The van der Waals surface area contributed by atoms with Gasteiger partial charge in [0.1, 0.15) is 16.8 Å². The lowest BCUT2D eigenvalue weighted by molar-refractivity contribution is 0.667. The lowest BCUT2D eigenvalue weighted by atomic mass is 9.70. The van der Waals surface area contributed by atoms with Crippen LogP contribution in [0.1, 0.15) is 22.3 Å². The van der Waals surface area contributed by atoms with Gasteiger partial charge in [0.15, 0.2) is 11.4 Å². The van der Waals surface area contributed by atoms with Crippen molar-refractivity contribution in [2.45, 2.75) is 5.41 Å². The van der Waals surface area contributed by atoms with Crippen LogP contribution in [0.25, 0.3) is 89.2 Å². The third-order valence-corrected chi connectivity index (χ3v) is 11.9. The summed E-state index contributed by atoms with van der Waals surface area (Å²) in [7, 11) is 0. The lowest BCUT2D eigenvalue weighted by Gasteiger charge is -2.30. The summed E-state index contributed by atoms with van der Waals surface area (Å²) in [6.07, 6.45) is 0. The van der Waals surface area contributed by atoms with Gasteiger partial charge >= 0.3 is 0 Å². The van der Waals surface area contributed by atoms with E-state index in [0.717, 1.165) is 44.4 Å². The molecule has 2 heterocycles. The molecule has 0 saturated heterocycles. The van der Waals surface area contributed by atoms with Gasteiger partial charge in [-0.1, -0.05) is 176 Å². The Morgan fingerprint density at radius 2 is 0.911 bits per heavy atom. The predicted molar refractivity (Wildman–Crippen MR) is 227 cm³/mol. The SMILES string of the molecule is c1ccc(-c2nc(-c3ccccc3)c3oc4ccc(-c5cccc(-c6cccc7c6-c6ccccc6C76c7ccccc7-c7ccccc76)c5)cc4c3n2)cc1. The molecule has 8 aromatic carbocycles. The van der Waals surface area contributed by atoms with Crippen molar-refractivity contribution in [3.63, 3.8) is 0 Å². The zero-order chi connectivity index (χ0) is 36.8. The van der Waals surface area contributed by atoms with Crippen molar-refractivity contribution in [1.82, 2.24) is 9.97 Å². The molecule has 0 saturated carbocycles. The number of benzene rings is 8. The standard InChI is InChI=1S/C53H32N2O/c1-3-15-33(16-4-1)49-51-50(55-52(54-49)34-17-5-2-6-18-34)42-32-36(29-30-47(42)56-51)35-19-13-20-37(31-35)38-24-14-28-46-48(38)41-23-9-12-27-45(41)53(46)43-25-10-7-21-39(43)40-22-8-11-26-44(40)53/h1-32H. The van der Waals surface area contributed by atoms with Gasteiger partial charge in [0.05, 0.1) is 5.41 Å². The number of fused-ring (bicyclic) bond motifs is 13. The minimum Gasteiger partial charge on any atom is -0.452 e. The first-order valence-corrected chi connectivity index (χ1v) is 19.2. The van der Waals surface area contributed by atoms with Gasteiger partial charge in [-0.15, -0.1) is 0 Å². The van der Waals surface area contributed by atoms with E-state index in [0.29, 0.717) is 11.4 Å². The topological polar surface area (TPSA) is 38.9 Å². The van der Waals surface area contributed by atoms with Crippen LogP contribution >= 0.6 is 0 Å². The highest BCUT2D eigenvalue weighted by atomic mass is 16.3. The Labute approximate surface area is 324 Å². The molecular weight excluding hydrogens is 681 g/mol. The zero-order valence-electron chi connectivity index (χ0n) is 30.3. The zero-order valence-corrected chi connectivity index (χ0v) is 30.3. The van der Waals surface area contributed by atoms with E-state index in [1.807, 2.05) is 36.4 Å². The van der Waals surface area contributed by atoms with Gasteiger partial charge in [-0.05, 0) is 85.0 Å². The summed E-state index contributed by atoms with van der Waals surface area (Å²) in [5.41, 5.74) is 20.0. The second-order valence-corrected chi connectivity index (χ2v) is 14.8. The number of aromatic nitrogens is 2. The summed E-state index contributed by atoms with van der Waals surface area (Å²) >= 11 is 0. The molecule has 0 radical (unpaired) electrons. The van der Waals surface area contributed by atoms with Gasteiger partial charge < -0.3 is 4.42 Å². The number of nitrogens with zero attached hydrogens (tertiary/aromatic N) is 2. The average Bonchev–Trinajstić information content (AvgIpc) is 3.91. The van der Waals surface area contributed by atoms with Crippen molar-refractivity contribution in [1.29, 1.82) is 0 Å². The van der Waals surface area contributed by atoms with Gasteiger partial charge in [0.25, 0.3) is 0 Å². The molecule has 3 nitrogen and oxygen atoms in total. The molecule has 0 fully saturated rings. The normalized spacial score (nSPS) is 13.1. The largest absolute Gasteiger partial charge is 0.452 e. The summed E-state index contributed by atoms with van der Waals surface area (Å²) in [4.78, 5) is 10.2. The van der Waals surface area contributed by atoms with Crippen molar-refractivity contribution >= 4 is 22.1 Å². The molecule has 0 bridgehead atoms. The fraction of sp³-hybridized carbons (Fsp3) is 0.0189. The van der Waals surface area contributed by atoms with Crippen LogP contribution in [0.2, 0.25) is 0 Å². The fourth-order valence-electron chi connectivity index (χ4n) is 9.58. The molecule has 12 rings (SSSR count). The molecule has 1 spiro atoms. The Hall–Kier alpha value is -7.36. The maximum atomic E-state index is 6.57. The molecule has 2 aliphatic carbocycles. The van der Waals surface area contributed by atoms with Crippen molar-refractivity contribution in [2.75, 3.05) is 0 Å². The van der Waals surface area contributed by atoms with Crippen molar-refractivity contribution in [3.8, 4) is 67.2 Å². The first kappa shape index (κ1) is 31.0. The van der Waals surface area contributed by atoms with Gasteiger partial charge in [-0.2, -0.15) is 0 Å². The van der Waals surface area contributed by atoms with E-state index in [4.69, 9.17) is 14.4 Å². The van der Waals surface area contributed by atoms with Crippen LogP contribution in [-0.4, -0.2) is 9.97 Å². The third-order valence-electron chi connectivity index (χ3n) is 11.9. The van der Waals surface area contributed by atoms with Crippen molar-refractivity contribution in [3.05, 3.63) is 216 Å². The predicted octanol–water partition coefficient (Wildman–Crippen LogP) is 13.4. The molecule has 2 aliphatic rings. The maximum Gasteiger partial charge on any atom is 0.180 e. The molecule has 2 aromatic heterocycles. The fourth-order valence-corrected chi connectivity index (χ4v) is 9.58. The number of hydrogen-bond acceptors (Lipinski definition) is 3. The Kier molecular flexibility index (Phi) is 6.55. The van der Waals surface area contributed by atoms with Gasteiger partial charge in [-0.3, -0.25) is 0 Å². The first-order chi connectivity index (χ1) is 27.8. The molecule has 0 atom stereocenters. The first-order valence-electron chi connectivity index (χ1n) is 19.2. The van der Waals surface area contributed by atoms with Crippen LogP contribution in [0.15, 0.2) is 199 Å². The van der Waals surface area contributed by atoms with Crippen LogP contribution in [0.3, 0.4) is 0 Å². The molecule has 0 N–H and O–H groups in total. The molecular formula is C53H32N2O. The second kappa shape index (κ2) is 11.8. The highest BCUT2D eigenvalue weighted by Gasteiger charge is 2.51. The van der Waals surface area contributed by atoms with E-state index in [2.05, 4.69) is 158 Å². The minimum absolute atomic E-state index is 0.376. The van der Waals surface area contributed by atoms with Crippen LogP contribution in [0.4, 0.5) is 0 Å². The Morgan fingerprint density at radius 3 is 1.64 bits per heavy atom. The van der Waals surface area contributed by atoms with Crippen molar-refractivity contribution in [2.24, 2.45) is 0 Å². The van der Waals surface area contributed by atoms with Gasteiger partial charge in [-0.25, -0.2) is 9.97 Å². The Morgan fingerprint density at radius 1 is 0.375 bits per heavy atom. The number of furan rings is 1. The van der Waals surface area contributed by atoms with E-state index in [1.54, 1.807) is 0 Å². The smallest absolute Gasteiger partial charge is 0.180 e. The molecule has 260 valence electrons. The van der Waals surface area contributed by atoms with Crippen LogP contribution in [0, 0.1) is 0 Å². The monoisotopic (exact) mass is 712 g/mol. The Balaban J connectivity index is 1.04. The molecule has 0 unspecified atom stereocenters. The van der Waals surface area contributed by atoms with E-state index in [9.17, 15) is 0 Å². The minimum atomic E-state index is -0.376. The maximum absolute atomic E-state index is 6.57. The molecule has 56 heavy (non-hydrogen) atoms. The summed E-state index contributed by atoms with van der Waals surface area (Å²) < 4.78 is 6.57. The van der Waals surface area contributed by atoms with Gasteiger partial charge in [0, 0.05) is 16.5 Å². The molecule has 3 heteroatoms. The molecule has 0 aliphatic heterocycles. The third kappa shape index (κ3) is 4.28. The number of rotatable bonds is 4. The molecule has 0 amide bonds. The van der Waals surface area contributed by atoms with Crippen LogP contribution in [0.5, 0.6) is 0 Å². The Bertz CT molecular complexity index is 3150. The summed E-state index contributed by atoms with van der Waals surface area (Å²) in [6, 6.07) is 69.7. The van der Waals surface area contributed by atoms with Crippen LogP contribution in [-0.2, 0) is 5.41 Å². The number of hydrogen-bond donors (Lipinski definition) is 0. The van der Waals surface area contributed by atoms with E-state index in [1.165, 1.54) is 55.6 Å². The molecule has 10 aromatic rings. The lowest BCUT2D eigenvalue weighted by Crippen LogP contribution is -2.25. The quantitative estimate of drug-likeness (QED) is 0.182. The van der Waals surface area contributed by atoms with E-state index >= 15 is 0 Å². The van der Waals surface area contributed by atoms with Gasteiger partial charge in [0.2, 0.25) is 0 Å². The highest BCUT2D eigenvalue weighted by Crippen LogP contribution is 2.64. The summed E-state index contributed by atoms with van der Waals surface area (Å²) in [5.74, 6) is 0.676. The summed E-state index contributed by atoms with van der Waals surface area (Å²) in [6.45, 7) is 0. The highest BCUT2D eigenvalue weighted by molar-refractivity contribution is 6.08. The van der Waals surface area contributed by atoms with E-state index in [-0.39, 0.29) is 5.41 Å². The van der Waals surface area contributed by atoms with E-state index < -0.39 is 0 Å². The second-order valence-electron chi connectivity index (χ2n) is 14.8. The van der Waals surface area contributed by atoms with Crippen molar-refractivity contribution < 1.29 is 4.42 Å². The van der Waals surface area contributed by atoms with Crippen LogP contribution < -0.4 is 0 Å².